The van der Waals surface area contributed by atoms with Crippen molar-refractivity contribution in [3.05, 3.63) is 54.1 Å². The minimum absolute atomic E-state index is 0.0836. The van der Waals surface area contributed by atoms with Crippen LogP contribution < -0.4 is 14.4 Å². The topological polar surface area (TPSA) is 96.0 Å². The largest absolute Gasteiger partial charge is 0.481 e. The van der Waals surface area contributed by atoms with Crippen molar-refractivity contribution in [2.75, 3.05) is 36.0 Å². The lowest BCUT2D eigenvalue weighted by Crippen LogP contribution is -2.36. The number of likely N-dealkylation sites (tertiary alicyclic amines) is 1. The van der Waals surface area contributed by atoms with Crippen LogP contribution in [0.3, 0.4) is 0 Å². The first-order chi connectivity index (χ1) is 15.2. The third kappa shape index (κ3) is 5.79. The van der Waals surface area contributed by atoms with E-state index in [9.17, 15) is 18.0 Å². The van der Waals surface area contributed by atoms with Crippen molar-refractivity contribution in [3.8, 4) is 5.75 Å². The average Bonchev–Trinajstić information content (AvgIpc) is 2.79. The number of amides is 2. The Morgan fingerprint density at radius 2 is 1.66 bits per heavy atom. The van der Waals surface area contributed by atoms with Crippen molar-refractivity contribution in [1.82, 2.24) is 4.90 Å². The van der Waals surface area contributed by atoms with Crippen LogP contribution in [0.15, 0.2) is 48.5 Å². The van der Waals surface area contributed by atoms with Gasteiger partial charge in [-0.2, -0.15) is 0 Å². The van der Waals surface area contributed by atoms with Crippen molar-refractivity contribution in [1.29, 1.82) is 0 Å². The molecule has 0 saturated carbocycles. The highest BCUT2D eigenvalue weighted by atomic mass is 32.2. The smallest absolute Gasteiger partial charge is 0.265 e. The van der Waals surface area contributed by atoms with E-state index in [0.717, 1.165) is 42.9 Å². The zero-order chi connectivity index (χ0) is 23.3. The predicted molar refractivity (Wildman–Crippen MR) is 125 cm³/mol. The summed E-state index contributed by atoms with van der Waals surface area (Å²) < 4.78 is 30.2. The van der Waals surface area contributed by atoms with Crippen LogP contribution in [-0.4, -0.2) is 57.6 Å². The van der Waals surface area contributed by atoms with Gasteiger partial charge in [0.25, 0.3) is 11.8 Å². The van der Waals surface area contributed by atoms with Gasteiger partial charge in [-0.3, -0.25) is 13.9 Å². The Morgan fingerprint density at radius 3 is 2.28 bits per heavy atom. The Labute approximate surface area is 189 Å². The number of carbonyl (C=O) groups excluding carboxylic acids is 2. The van der Waals surface area contributed by atoms with E-state index < -0.39 is 16.1 Å². The van der Waals surface area contributed by atoms with Gasteiger partial charge in [-0.1, -0.05) is 12.1 Å². The molecule has 1 N–H and O–H groups in total. The summed E-state index contributed by atoms with van der Waals surface area (Å²) in [7, 11) is -1.90. The Hall–Kier alpha value is -3.07. The number of anilines is 2. The Bertz CT molecular complexity index is 1060. The molecule has 9 heteroatoms. The maximum Gasteiger partial charge on any atom is 0.265 e. The molecule has 1 unspecified atom stereocenters. The van der Waals surface area contributed by atoms with Crippen LogP contribution in [0.5, 0.6) is 5.75 Å². The third-order valence-corrected chi connectivity index (χ3v) is 6.64. The molecular weight excluding hydrogens is 430 g/mol. The van der Waals surface area contributed by atoms with Gasteiger partial charge in [-0.15, -0.1) is 0 Å². The van der Waals surface area contributed by atoms with Gasteiger partial charge >= 0.3 is 0 Å². The molecule has 1 aliphatic rings. The van der Waals surface area contributed by atoms with Gasteiger partial charge in [0.2, 0.25) is 10.0 Å². The molecule has 2 aromatic rings. The van der Waals surface area contributed by atoms with Gasteiger partial charge in [-0.05, 0) is 62.6 Å². The van der Waals surface area contributed by atoms with Crippen LogP contribution in [0.1, 0.15) is 36.5 Å². The molecule has 1 aliphatic heterocycles. The number of ether oxygens (including phenoxy) is 1. The molecule has 1 atom stereocenters. The summed E-state index contributed by atoms with van der Waals surface area (Å²) in [5.74, 6) is -0.0445. The predicted octanol–water partition coefficient (Wildman–Crippen LogP) is 3.11. The van der Waals surface area contributed by atoms with E-state index in [1.807, 2.05) is 4.90 Å². The van der Waals surface area contributed by atoms with Crippen molar-refractivity contribution >= 4 is 33.2 Å². The van der Waals surface area contributed by atoms with Crippen LogP contribution in [-0.2, 0) is 14.8 Å². The second kappa shape index (κ2) is 10.0. The summed E-state index contributed by atoms with van der Waals surface area (Å²) in [5, 5.41) is 2.80. The number of sulfonamides is 1. The number of carbonyl (C=O) groups is 2. The zero-order valence-corrected chi connectivity index (χ0v) is 19.4. The second-order valence-corrected chi connectivity index (χ2v) is 9.89. The number of nitrogens with zero attached hydrogens (tertiary/aromatic N) is 2. The van der Waals surface area contributed by atoms with Gasteiger partial charge in [0.15, 0.2) is 6.10 Å². The summed E-state index contributed by atoms with van der Waals surface area (Å²) in [6.45, 7) is 3.07. The fraction of sp³-hybridized carbons (Fsp3) is 0.391. The number of rotatable bonds is 7. The van der Waals surface area contributed by atoms with E-state index in [-0.39, 0.29) is 11.8 Å². The summed E-state index contributed by atoms with van der Waals surface area (Å²) >= 11 is 0. The lowest BCUT2D eigenvalue weighted by molar-refractivity contribution is -0.122. The standard InChI is InChI=1S/C23H29N3O5S/c1-17(31-19-13-11-18(12-14-19)25(2)32(3,29)30)22(27)24-21-10-6-5-9-20(21)23(28)26-15-7-4-8-16-26/h5-6,9-14,17H,4,7-8,15-16H2,1-3H3,(H,24,27). The van der Waals surface area contributed by atoms with Crippen LogP contribution in [0.4, 0.5) is 11.4 Å². The van der Waals surface area contributed by atoms with Crippen LogP contribution in [0.2, 0.25) is 0 Å². The first-order valence-electron chi connectivity index (χ1n) is 10.6. The molecule has 0 aliphatic carbocycles. The molecule has 0 aromatic heterocycles. The zero-order valence-electron chi connectivity index (χ0n) is 18.6. The Balaban J connectivity index is 1.65. The lowest BCUT2D eigenvalue weighted by Gasteiger charge is -2.27. The van der Waals surface area contributed by atoms with Crippen molar-refractivity contribution in [3.63, 3.8) is 0 Å². The normalized spacial score (nSPS) is 15.0. The molecule has 2 aromatic carbocycles. The molecule has 8 nitrogen and oxygen atoms in total. The average molecular weight is 460 g/mol. The molecule has 1 saturated heterocycles. The number of piperidine rings is 1. The SMILES string of the molecule is CC(Oc1ccc(N(C)S(C)(=O)=O)cc1)C(=O)Nc1ccccc1C(=O)N1CCCCC1. The third-order valence-electron chi connectivity index (χ3n) is 5.44. The molecule has 2 amide bonds. The van der Waals surface area contributed by atoms with Crippen molar-refractivity contribution < 1.29 is 22.7 Å². The second-order valence-electron chi connectivity index (χ2n) is 7.87. The monoisotopic (exact) mass is 459 g/mol. The highest BCUT2D eigenvalue weighted by Crippen LogP contribution is 2.23. The van der Waals surface area contributed by atoms with Gasteiger partial charge in [0.05, 0.1) is 23.2 Å². The minimum Gasteiger partial charge on any atom is -0.481 e. The quantitative estimate of drug-likeness (QED) is 0.686. The molecule has 0 spiro atoms. The fourth-order valence-electron chi connectivity index (χ4n) is 3.46. The first-order valence-corrected chi connectivity index (χ1v) is 12.4. The molecule has 0 bridgehead atoms. The van der Waals surface area contributed by atoms with Gasteiger partial charge in [-0.25, -0.2) is 8.42 Å². The minimum atomic E-state index is -3.36. The van der Waals surface area contributed by atoms with E-state index in [4.69, 9.17) is 4.74 Å². The van der Waals surface area contributed by atoms with Gasteiger partial charge in [0, 0.05) is 20.1 Å². The van der Waals surface area contributed by atoms with E-state index in [0.29, 0.717) is 22.7 Å². The highest BCUT2D eigenvalue weighted by Gasteiger charge is 2.23. The molecule has 3 rings (SSSR count). The molecule has 172 valence electrons. The molecule has 32 heavy (non-hydrogen) atoms. The summed E-state index contributed by atoms with van der Waals surface area (Å²) in [6, 6.07) is 13.4. The van der Waals surface area contributed by atoms with E-state index in [2.05, 4.69) is 5.32 Å². The number of para-hydroxylation sites is 1. The van der Waals surface area contributed by atoms with E-state index in [1.165, 1.54) is 7.05 Å². The van der Waals surface area contributed by atoms with Crippen molar-refractivity contribution in [2.24, 2.45) is 0 Å². The number of nitrogens with one attached hydrogen (secondary N) is 1. The fourth-order valence-corrected chi connectivity index (χ4v) is 3.97. The van der Waals surface area contributed by atoms with E-state index in [1.54, 1.807) is 55.5 Å². The van der Waals surface area contributed by atoms with Gasteiger partial charge < -0.3 is 15.0 Å². The maximum absolute atomic E-state index is 12.9. The van der Waals surface area contributed by atoms with Crippen molar-refractivity contribution in [2.45, 2.75) is 32.3 Å². The summed E-state index contributed by atoms with van der Waals surface area (Å²) in [5.41, 5.74) is 1.40. The summed E-state index contributed by atoms with van der Waals surface area (Å²) in [6.07, 6.45) is 3.40. The molecule has 1 heterocycles. The Morgan fingerprint density at radius 1 is 1.03 bits per heavy atom. The highest BCUT2D eigenvalue weighted by molar-refractivity contribution is 7.92. The van der Waals surface area contributed by atoms with Crippen LogP contribution in [0.25, 0.3) is 0 Å². The lowest BCUT2D eigenvalue weighted by atomic mass is 10.1. The number of hydrogen-bond donors (Lipinski definition) is 1. The molecule has 0 radical (unpaired) electrons. The van der Waals surface area contributed by atoms with Gasteiger partial charge in [0.1, 0.15) is 5.75 Å². The summed E-state index contributed by atoms with van der Waals surface area (Å²) in [4.78, 5) is 27.5. The maximum atomic E-state index is 12.9. The Kier molecular flexibility index (Phi) is 7.40. The number of benzene rings is 2. The first kappa shape index (κ1) is 23.6. The van der Waals surface area contributed by atoms with E-state index >= 15 is 0 Å². The number of hydrogen-bond acceptors (Lipinski definition) is 5. The van der Waals surface area contributed by atoms with Crippen LogP contribution in [0, 0.1) is 0 Å². The molecular formula is C23H29N3O5S. The molecule has 1 fully saturated rings. The van der Waals surface area contributed by atoms with Crippen LogP contribution >= 0.6 is 0 Å².